The van der Waals surface area contributed by atoms with Crippen LogP contribution in [0.15, 0.2) is 36.4 Å². The molecule has 23 heavy (non-hydrogen) atoms. The molecule has 0 bridgehead atoms. The number of amides is 2. The smallest absolute Gasteiger partial charge is 0.255 e. The molecule has 0 aliphatic carbocycles. The van der Waals surface area contributed by atoms with Crippen molar-refractivity contribution in [3.63, 3.8) is 0 Å². The van der Waals surface area contributed by atoms with Crippen molar-refractivity contribution in [1.29, 1.82) is 0 Å². The van der Waals surface area contributed by atoms with E-state index in [1.54, 1.807) is 31.4 Å². The number of anilines is 2. The second-order valence-corrected chi connectivity index (χ2v) is 5.28. The van der Waals surface area contributed by atoms with Crippen LogP contribution in [-0.4, -0.2) is 18.9 Å². The van der Waals surface area contributed by atoms with E-state index in [1.165, 1.54) is 6.92 Å². The highest BCUT2D eigenvalue weighted by Gasteiger charge is 2.11. The molecule has 2 rings (SSSR count). The summed E-state index contributed by atoms with van der Waals surface area (Å²) in [6.45, 7) is 5.30. The summed E-state index contributed by atoms with van der Waals surface area (Å²) in [6, 6.07) is 10.4. The Bertz CT molecular complexity index is 754. The highest BCUT2D eigenvalue weighted by molar-refractivity contribution is 6.05. The summed E-state index contributed by atoms with van der Waals surface area (Å²) in [4.78, 5) is 23.5. The third kappa shape index (κ3) is 3.88. The Kier molecular flexibility index (Phi) is 5.01. The van der Waals surface area contributed by atoms with Gasteiger partial charge in [0.1, 0.15) is 5.75 Å². The van der Waals surface area contributed by atoms with Crippen LogP contribution in [0, 0.1) is 13.8 Å². The number of carbonyl (C=O) groups is 2. The summed E-state index contributed by atoms with van der Waals surface area (Å²) in [7, 11) is 1.62. The second-order valence-electron chi connectivity index (χ2n) is 5.28. The minimum atomic E-state index is -0.232. The molecule has 2 N–H and O–H groups in total. The number of carbonyl (C=O) groups excluding carboxylic acids is 2. The first kappa shape index (κ1) is 16.5. The van der Waals surface area contributed by atoms with Crippen LogP contribution in [0.25, 0.3) is 0 Å². The molecule has 120 valence electrons. The minimum Gasteiger partial charge on any atom is -0.496 e. The summed E-state index contributed by atoms with van der Waals surface area (Å²) < 4.78 is 5.27. The zero-order valence-electron chi connectivity index (χ0n) is 13.7. The van der Waals surface area contributed by atoms with Crippen LogP contribution >= 0.6 is 0 Å². The van der Waals surface area contributed by atoms with Crippen LogP contribution in [-0.2, 0) is 4.79 Å². The molecule has 0 heterocycles. The number of benzene rings is 2. The number of rotatable bonds is 4. The van der Waals surface area contributed by atoms with Gasteiger partial charge in [-0.25, -0.2) is 0 Å². The van der Waals surface area contributed by atoms with E-state index in [0.717, 1.165) is 22.6 Å². The van der Waals surface area contributed by atoms with Crippen molar-refractivity contribution < 1.29 is 14.3 Å². The second kappa shape index (κ2) is 6.96. The molecule has 0 saturated heterocycles. The molecule has 0 fully saturated rings. The van der Waals surface area contributed by atoms with Gasteiger partial charge in [0.15, 0.2) is 0 Å². The van der Waals surface area contributed by atoms with Gasteiger partial charge in [0, 0.05) is 23.9 Å². The fraction of sp³-hybridized carbons (Fsp3) is 0.222. The van der Waals surface area contributed by atoms with Gasteiger partial charge < -0.3 is 15.4 Å². The molecule has 0 aromatic heterocycles. The molecule has 5 nitrogen and oxygen atoms in total. The van der Waals surface area contributed by atoms with Gasteiger partial charge in [0.25, 0.3) is 5.91 Å². The van der Waals surface area contributed by atoms with Crippen LogP contribution in [0.2, 0.25) is 0 Å². The standard InChI is InChI=1S/C18H20N2O3/c1-11-12(2)17(23-4)9-8-16(11)20-18(22)14-6-5-7-15(10-14)19-13(3)21/h5-10H,1-4H3,(H,19,21)(H,20,22). The monoisotopic (exact) mass is 312 g/mol. The maximum Gasteiger partial charge on any atom is 0.255 e. The van der Waals surface area contributed by atoms with Crippen LogP contribution in [0.1, 0.15) is 28.4 Å². The van der Waals surface area contributed by atoms with Crippen LogP contribution in [0.4, 0.5) is 11.4 Å². The molecular weight excluding hydrogens is 292 g/mol. The molecule has 2 aromatic carbocycles. The first-order valence-corrected chi connectivity index (χ1v) is 7.25. The van der Waals surface area contributed by atoms with E-state index in [1.807, 2.05) is 26.0 Å². The molecule has 0 atom stereocenters. The van der Waals surface area contributed by atoms with Gasteiger partial charge in [-0.15, -0.1) is 0 Å². The Morgan fingerprint density at radius 3 is 2.39 bits per heavy atom. The highest BCUT2D eigenvalue weighted by atomic mass is 16.5. The van der Waals surface area contributed by atoms with Crippen molar-refractivity contribution in [3.8, 4) is 5.75 Å². The Hall–Kier alpha value is -2.82. The third-order valence-electron chi connectivity index (χ3n) is 3.65. The summed E-state index contributed by atoms with van der Waals surface area (Å²) in [5, 5.41) is 5.56. The Morgan fingerprint density at radius 2 is 1.74 bits per heavy atom. The lowest BCUT2D eigenvalue weighted by Crippen LogP contribution is -2.14. The largest absolute Gasteiger partial charge is 0.496 e. The predicted octanol–water partition coefficient (Wildman–Crippen LogP) is 3.52. The maximum absolute atomic E-state index is 12.4. The molecule has 2 aromatic rings. The lowest BCUT2D eigenvalue weighted by Gasteiger charge is -2.14. The topological polar surface area (TPSA) is 67.4 Å². The van der Waals surface area contributed by atoms with E-state index >= 15 is 0 Å². The molecule has 5 heteroatoms. The average Bonchev–Trinajstić information content (AvgIpc) is 2.51. The van der Waals surface area contributed by atoms with Crippen molar-refractivity contribution in [3.05, 3.63) is 53.1 Å². The van der Waals surface area contributed by atoms with Crippen LogP contribution < -0.4 is 15.4 Å². The Balaban J connectivity index is 2.23. The summed E-state index contributed by atoms with van der Waals surface area (Å²) in [5.41, 5.74) is 3.74. The van der Waals surface area contributed by atoms with E-state index < -0.39 is 0 Å². The normalized spacial score (nSPS) is 10.1. The van der Waals surface area contributed by atoms with Crippen molar-refractivity contribution in [2.45, 2.75) is 20.8 Å². The molecule has 0 aliphatic rings. The van der Waals surface area contributed by atoms with Crippen LogP contribution in [0.3, 0.4) is 0 Å². The lowest BCUT2D eigenvalue weighted by molar-refractivity contribution is -0.114. The number of hydrogen-bond acceptors (Lipinski definition) is 3. The first-order chi connectivity index (χ1) is 10.9. The van der Waals surface area contributed by atoms with Crippen molar-refractivity contribution in [1.82, 2.24) is 0 Å². The summed E-state index contributed by atoms with van der Waals surface area (Å²) in [5.74, 6) is 0.377. The number of hydrogen-bond donors (Lipinski definition) is 2. The molecule has 0 aliphatic heterocycles. The number of methoxy groups -OCH3 is 1. The fourth-order valence-corrected chi connectivity index (χ4v) is 2.29. The lowest BCUT2D eigenvalue weighted by atomic mass is 10.1. The summed E-state index contributed by atoms with van der Waals surface area (Å²) >= 11 is 0. The average molecular weight is 312 g/mol. The van der Waals surface area contributed by atoms with Crippen molar-refractivity contribution >= 4 is 23.2 Å². The SMILES string of the molecule is COc1ccc(NC(=O)c2cccc(NC(C)=O)c2)c(C)c1C. The predicted molar refractivity (Wildman–Crippen MR) is 91.2 cm³/mol. The highest BCUT2D eigenvalue weighted by Crippen LogP contribution is 2.27. The van der Waals surface area contributed by atoms with Crippen LogP contribution in [0.5, 0.6) is 5.75 Å². The van der Waals surface area contributed by atoms with Gasteiger partial charge in [-0.2, -0.15) is 0 Å². The Labute approximate surface area is 135 Å². The fourth-order valence-electron chi connectivity index (χ4n) is 2.29. The van der Waals surface area contributed by atoms with Crippen molar-refractivity contribution in [2.24, 2.45) is 0 Å². The maximum atomic E-state index is 12.4. The molecule has 0 unspecified atom stereocenters. The van der Waals surface area contributed by atoms with E-state index in [9.17, 15) is 9.59 Å². The zero-order chi connectivity index (χ0) is 17.0. The molecule has 2 amide bonds. The number of nitrogens with one attached hydrogen (secondary N) is 2. The molecule has 0 saturated carbocycles. The van der Waals surface area contributed by atoms with Gasteiger partial charge in [-0.1, -0.05) is 6.07 Å². The quantitative estimate of drug-likeness (QED) is 0.907. The molecular formula is C18H20N2O3. The zero-order valence-corrected chi connectivity index (χ0v) is 13.7. The molecule has 0 radical (unpaired) electrons. The third-order valence-corrected chi connectivity index (χ3v) is 3.65. The van der Waals surface area contributed by atoms with E-state index in [2.05, 4.69) is 10.6 Å². The van der Waals surface area contributed by atoms with Gasteiger partial charge in [-0.05, 0) is 55.3 Å². The van der Waals surface area contributed by atoms with Gasteiger partial charge >= 0.3 is 0 Å². The minimum absolute atomic E-state index is 0.177. The summed E-state index contributed by atoms with van der Waals surface area (Å²) in [6.07, 6.45) is 0. The van der Waals surface area contributed by atoms with Gasteiger partial charge in [0.05, 0.1) is 7.11 Å². The van der Waals surface area contributed by atoms with Crippen molar-refractivity contribution in [2.75, 3.05) is 17.7 Å². The van der Waals surface area contributed by atoms with E-state index in [4.69, 9.17) is 4.74 Å². The first-order valence-electron chi connectivity index (χ1n) is 7.25. The van der Waals surface area contributed by atoms with Gasteiger partial charge in [0.2, 0.25) is 5.91 Å². The van der Waals surface area contributed by atoms with E-state index in [-0.39, 0.29) is 11.8 Å². The Morgan fingerprint density at radius 1 is 1.00 bits per heavy atom. The number of ether oxygens (including phenoxy) is 1. The van der Waals surface area contributed by atoms with E-state index in [0.29, 0.717) is 11.3 Å². The molecule has 0 spiro atoms. The van der Waals surface area contributed by atoms with Gasteiger partial charge in [-0.3, -0.25) is 9.59 Å².